The molecule has 0 saturated heterocycles. The Bertz CT molecular complexity index is 2260. The lowest BCUT2D eigenvalue weighted by atomic mass is 9.94. The first-order chi connectivity index (χ1) is 20.8. The summed E-state index contributed by atoms with van der Waals surface area (Å²) in [6.45, 7) is 0. The first-order valence-corrected chi connectivity index (χ1v) is 14.7. The van der Waals surface area contributed by atoms with Crippen molar-refractivity contribution in [1.29, 1.82) is 0 Å². The van der Waals surface area contributed by atoms with Gasteiger partial charge in [0.1, 0.15) is 0 Å². The van der Waals surface area contributed by atoms with Crippen LogP contribution in [0, 0.1) is 0 Å². The monoisotopic (exact) mass is 533 g/mol. The highest BCUT2D eigenvalue weighted by Gasteiger charge is 2.20. The Morgan fingerprint density at radius 3 is 1.64 bits per heavy atom. The van der Waals surface area contributed by atoms with Crippen molar-refractivity contribution in [2.75, 3.05) is 0 Å². The van der Waals surface area contributed by atoms with Gasteiger partial charge in [0.15, 0.2) is 0 Å². The molecule has 7 aromatic carbocycles. The van der Waals surface area contributed by atoms with E-state index in [0.717, 1.165) is 6.42 Å². The van der Waals surface area contributed by atoms with E-state index in [-0.39, 0.29) is 0 Å². The summed E-state index contributed by atoms with van der Waals surface area (Å²) in [5.41, 5.74) is 14.3. The molecule has 1 heterocycles. The second-order valence-electron chi connectivity index (χ2n) is 11.4. The smallest absolute Gasteiger partial charge is 0.0541 e. The van der Waals surface area contributed by atoms with Crippen molar-refractivity contribution in [2.24, 2.45) is 0 Å². The Balaban J connectivity index is 1.11. The molecule has 0 N–H and O–H groups in total. The van der Waals surface area contributed by atoms with Crippen LogP contribution in [0.2, 0.25) is 0 Å². The molecular formula is C41H27N. The standard InChI is InChI=1S/C41H27N/c1-2-10-34-28(8-1)9-7-13-35(34)32-19-18-31-24-30-17-16-29(25-38(30)39(31)26-32)27-20-22-33(23-21-27)42-40-14-5-3-11-36(40)37-12-4-6-15-41(37)42/h1-23,25-26H,24H2. The Morgan fingerprint density at radius 1 is 0.381 bits per heavy atom. The Hall–Kier alpha value is -5.40. The molecule has 1 heteroatoms. The van der Waals surface area contributed by atoms with E-state index in [4.69, 9.17) is 0 Å². The van der Waals surface area contributed by atoms with Gasteiger partial charge in [-0.3, -0.25) is 0 Å². The van der Waals surface area contributed by atoms with E-state index >= 15 is 0 Å². The van der Waals surface area contributed by atoms with Crippen LogP contribution in [0.4, 0.5) is 0 Å². The molecule has 0 amide bonds. The lowest BCUT2D eigenvalue weighted by molar-refractivity contribution is 1.18. The number of fused-ring (bicyclic) bond motifs is 7. The fourth-order valence-electron chi connectivity index (χ4n) is 7.00. The van der Waals surface area contributed by atoms with Crippen LogP contribution in [-0.4, -0.2) is 4.57 Å². The Labute approximate surface area is 244 Å². The summed E-state index contributed by atoms with van der Waals surface area (Å²) >= 11 is 0. The molecule has 1 nitrogen and oxygen atoms in total. The third-order valence-electron chi connectivity index (χ3n) is 9.03. The Morgan fingerprint density at radius 2 is 0.929 bits per heavy atom. The predicted octanol–water partition coefficient (Wildman–Crippen LogP) is 10.8. The van der Waals surface area contributed by atoms with Gasteiger partial charge >= 0.3 is 0 Å². The van der Waals surface area contributed by atoms with Gasteiger partial charge in [-0.2, -0.15) is 0 Å². The molecule has 196 valence electrons. The van der Waals surface area contributed by atoms with Gasteiger partial charge in [0.2, 0.25) is 0 Å². The van der Waals surface area contributed by atoms with Crippen LogP contribution in [0.15, 0.2) is 152 Å². The third-order valence-corrected chi connectivity index (χ3v) is 9.03. The maximum Gasteiger partial charge on any atom is 0.0541 e. The molecule has 9 rings (SSSR count). The maximum atomic E-state index is 2.40. The van der Waals surface area contributed by atoms with E-state index in [1.807, 2.05) is 0 Å². The molecule has 1 aliphatic rings. The lowest BCUT2D eigenvalue weighted by Gasteiger charge is -2.11. The van der Waals surface area contributed by atoms with Gasteiger partial charge < -0.3 is 4.57 Å². The summed E-state index contributed by atoms with van der Waals surface area (Å²) in [5, 5.41) is 5.16. The molecule has 0 spiro atoms. The van der Waals surface area contributed by atoms with Crippen molar-refractivity contribution in [3.05, 3.63) is 163 Å². The topological polar surface area (TPSA) is 4.93 Å². The Kier molecular flexibility index (Phi) is 5.03. The highest BCUT2D eigenvalue weighted by Crippen LogP contribution is 2.42. The lowest BCUT2D eigenvalue weighted by Crippen LogP contribution is -1.93. The second kappa shape index (κ2) is 9.06. The molecule has 42 heavy (non-hydrogen) atoms. The largest absolute Gasteiger partial charge is 0.309 e. The first kappa shape index (κ1) is 23.3. The number of aromatic nitrogens is 1. The van der Waals surface area contributed by atoms with Gasteiger partial charge in [0.25, 0.3) is 0 Å². The zero-order chi connectivity index (χ0) is 27.6. The van der Waals surface area contributed by atoms with Crippen LogP contribution in [0.25, 0.3) is 71.6 Å². The van der Waals surface area contributed by atoms with E-state index in [1.54, 1.807) is 0 Å². The molecular weight excluding hydrogens is 506 g/mol. The van der Waals surface area contributed by atoms with Crippen LogP contribution in [0.1, 0.15) is 11.1 Å². The van der Waals surface area contributed by atoms with Crippen LogP contribution in [0.3, 0.4) is 0 Å². The van der Waals surface area contributed by atoms with Crippen molar-refractivity contribution < 1.29 is 0 Å². The predicted molar refractivity (Wildman–Crippen MR) is 177 cm³/mol. The van der Waals surface area contributed by atoms with Crippen LogP contribution in [0.5, 0.6) is 0 Å². The van der Waals surface area contributed by atoms with Crippen LogP contribution in [-0.2, 0) is 6.42 Å². The van der Waals surface area contributed by atoms with Crippen LogP contribution >= 0.6 is 0 Å². The summed E-state index contributed by atoms with van der Waals surface area (Å²) in [6.07, 6.45) is 0.994. The van der Waals surface area contributed by atoms with Gasteiger partial charge in [-0.1, -0.05) is 115 Å². The minimum atomic E-state index is 0.994. The molecule has 1 aromatic heterocycles. The average Bonchev–Trinajstić information content (AvgIpc) is 3.59. The molecule has 0 radical (unpaired) electrons. The zero-order valence-corrected chi connectivity index (χ0v) is 23.1. The first-order valence-electron chi connectivity index (χ1n) is 14.7. The molecule has 0 atom stereocenters. The van der Waals surface area contributed by atoms with Gasteiger partial charge in [-0.15, -0.1) is 0 Å². The number of rotatable bonds is 3. The third kappa shape index (κ3) is 3.50. The fraction of sp³-hybridized carbons (Fsp3) is 0.0244. The van der Waals surface area contributed by atoms with E-state index in [2.05, 4.69) is 156 Å². The van der Waals surface area contributed by atoms with Crippen molar-refractivity contribution in [3.8, 4) is 39.1 Å². The van der Waals surface area contributed by atoms with Crippen LogP contribution < -0.4 is 0 Å². The van der Waals surface area contributed by atoms with Gasteiger partial charge in [-0.05, 0) is 98.1 Å². The summed E-state index contributed by atoms with van der Waals surface area (Å²) < 4.78 is 2.38. The highest BCUT2D eigenvalue weighted by molar-refractivity contribution is 6.09. The van der Waals surface area contributed by atoms with E-state index < -0.39 is 0 Å². The van der Waals surface area contributed by atoms with Crippen molar-refractivity contribution in [2.45, 2.75) is 6.42 Å². The quantitative estimate of drug-likeness (QED) is 0.213. The maximum absolute atomic E-state index is 2.40. The molecule has 0 fully saturated rings. The number of hydrogen-bond acceptors (Lipinski definition) is 0. The zero-order valence-electron chi connectivity index (χ0n) is 23.1. The summed E-state index contributed by atoms with van der Waals surface area (Å²) in [7, 11) is 0. The van der Waals surface area contributed by atoms with Crippen molar-refractivity contribution >= 4 is 32.6 Å². The SMILES string of the molecule is c1ccc2c(-c3ccc4c(c3)-c3cc(-c5ccc(-n6c7ccccc7c7ccccc76)cc5)ccc3C4)cccc2c1. The van der Waals surface area contributed by atoms with Crippen molar-refractivity contribution in [1.82, 2.24) is 4.57 Å². The number of benzene rings is 7. The molecule has 1 aliphatic carbocycles. The van der Waals surface area contributed by atoms with E-state index in [9.17, 15) is 0 Å². The van der Waals surface area contributed by atoms with Gasteiger partial charge in [0, 0.05) is 16.5 Å². The van der Waals surface area contributed by atoms with E-state index in [1.165, 1.54) is 82.8 Å². The summed E-state index contributed by atoms with van der Waals surface area (Å²) in [6, 6.07) is 55.7. The number of hydrogen-bond donors (Lipinski definition) is 0. The summed E-state index contributed by atoms with van der Waals surface area (Å²) in [4.78, 5) is 0. The van der Waals surface area contributed by atoms with Crippen molar-refractivity contribution in [3.63, 3.8) is 0 Å². The van der Waals surface area contributed by atoms with E-state index in [0.29, 0.717) is 0 Å². The van der Waals surface area contributed by atoms with Gasteiger partial charge in [-0.25, -0.2) is 0 Å². The minimum absolute atomic E-state index is 0.994. The average molecular weight is 534 g/mol. The number of para-hydroxylation sites is 2. The number of nitrogens with zero attached hydrogens (tertiary/aromatic N) is 1. The molecule has 0 bridgehead atoms. The minimum Gasteiger partial charge on any atom is -0.309 e. The second-order valence-corrected chi connectivity index (χ2v) is 11.4. The highest BCUT2D eigenvalue weighted by atomic mass is 15.0. The normalized spacial score (nSPS) is 12.2. The van der Waals surface area contributed by atoms with Gasteiger partial charge in [0.05, 0.1) is 11.0 Å². The fourth-order valence-corrected chi connectivity index (χ4v) is 7.00. The molecule has 0 saturated carbocycles. The molecule has 0 unspecified atom stereocenters. The molecule has 0 aliphatic heterocycles. The summed E-state index contributed by atoms with van der Waals surface area (Å²) in [5.74, 6) is 0. The molecule has 8 aromatic rings.